The van der Waals surface area contributed by atoms with Crippen molar-refractivity contribution in [3.05, 3.63) is 47.5 Å². The van der Waals surface area contributed by atoms with Crippen LogP contribution in [-0.4, -0.2) is 81.9 Å². The molecule has 6 nitrogen and oxygen atoms in total. The number of hydrogen-bond donors (Lipinski definition) is 1. The van der Waals surface area contributed by atoms with Gasteiger partial charge in [0.25, 0.3) is 0 Å². The molecular weight excluding hydrogens is 402 g/mol. The predicted octanol–water partition coefficient (Wildman–Crippen LogP) is 3.65. The van der Waals surface area contributed by atoms with Crippen LogP contribution >= 0.6 is 0 Å². The summed E-state index contributed by atoms with van der Waals surface area (Å²) in [6.07, 6.45) is 5.81. The standard InChI is InChI=1S/C26H43N3O3/c1-4-23(2)26(24-11-7-5-8-12-24)29-17-15-28(16-18-29)25(30)13-9-6-10-19-31-21-22-32-20-14-27-3/h4-5,7-8,11-12,26-27H,6,9-10,13-22H2,1-3H3/b23-4+. The Hall–Kier alpha value is -1.73. The molecule has 1 atom stereocenters. The minimum absolute atomic E-state index is 0.294. The van der Waals surface area contributed by atoms with Gasteiger partial charge in [0.1, 0.15) is 0 Å². The molecule has 0 aromatic heterocycles. The smallest absolute Gasteiger partial charge is 0.222 e. The number of likely N-dealkylation sites (N-methyl/N-ethyl adjacent to an activating group) is 1. The third-order valence-corrected chi connectivity index (χ3v) is 6.08. The first-order valence-corrected chi connectivity index (χ1v) is 12.2. The summed E-state index contributed by atoms with van der Waals surface area (Å²) < 4.78 is 11.0. The molecule has 1 saturated heterocycles. The summed E-state index contributed by atoms with van der Waals surface area (Å²) in [5, 5.41) is 3.04. The van der Waals surface area contributed by atoms with E-state index in [1.54, 1.807) is 0 Å². The maximum Gasteiger partial charge on any atom is 0.222 e. The van der Waals surface area contributed by atoms with E-state index in [2.05, 4.69) is 60.5 Å². The number of carbonyl (C=O) groups is 1. The van der Waals surface area contributed by atoms with E-state index in [0.717, 1.165) is 65.2 Å². The van der Waals surface area contributed by atoms with Gasteiger partial charge in [-0.1, -0.05) is 48.4 Å². The average molecular weight is 446 g/mol. The Balaban J connectivity index is 1.61. The van der Waals surface area contributed by atoms with Gasteiger partial charge in [-0.05, 0) is 39.3 Å². The molecule has 1 aromatic rings. The Morgan fingerprint density at radius 3 is 2.34 bits per heavy atom. The van der Waals surface area contributed by atoms with Gasteiger partial charge in [-0.3, -0.25) is 9.69 Å². The first kappa shape index (κ1) is 26.5. The third-order valence-electron chi connectivity index (χ3n) is 6.08. The Morgan fingerprint density at radius 1 is 1.00 bits per heavy atom. The highest BCUT2D eigenvalue weighted by atomic mass is 16.5. The molecule has 2 rings (SSSR count). The number of ether oxygens (including phenoxy) is 2. The lowest BCUT2D eigenvalue weighted by molar-refractivity contribution is -0.133. The molecule has 1 aliphatic heterocycles. The van der Waals surface area contributed by atoms with E-state index in [0.29, 0.717) is 31.6 Å². The summed E-state index contributed by atoms with van der Waals surface area (Å²) in [6, 6.07) is 11.0. The zero-order valence-electron chi connectivity index (χ0n) is 20.4. The predicted molar refractivity (Wildman–Crippen MR) is 131 cm³/mol. The fourth-order valence-corrected chi connectivity index (χ4v) is 4.10. The number of amides is 1. The number of nitrogens with zero attached hydrogens (tertiary/aromatic N) is 2. The molecule has 0 spiro atoms. The second kappa shape index (κ2) is 16.0. The van der Waals surface area contributed by atoms with Gasteiger partial charge < -0.3 is 19.7 Å². The molecular formula is C26H43N3O3. The largest absolute Gasteiger partial charge is 0.379 e. The SMILES string of the molecule is C/C=C(\C)C(c1ccccc1)N1CCN(C(=O)CCCCCOCCOCCNC)CC1. The first-order chi connectivity index (χ1) is 15.7. The molecule has 0 radical (unpaired) electrons. The summed E-state index contributed by atoms with van der Waals surface area (Å²) >= 11 is 0. The number of nitrogens with one attached hydrogen (secondary N) is 1. The Labute approximate surface area is 194 Å². The summed E-state index contributed by atoms with van der Waals surface area (Å²) in [6.45, 7) is 11.4. The van der Waals surface area contributed by atoms with Crippen molar-refractivity contribution in [2.45, 2.75) is 45.6 Å². The summed E-state index contributed by atoms with van der Waals surface area (Å²) in [5.41, 5.74) is 2.69. The summed E-state index contributed by atoms with van der Waals surface area (Å²) in [5.74, 6) is 0.294. The van der Waals surface area contributed by atoms with Crippen LogP contribution in [0, 0.1) is 0 Å². The molecule has 1 amide bonds. The number of carbonyl (C=O) groups excluding carboxylic acids is 1. The van der Waals surface area contributed by atoms with Crippen LogP contribution in [0.15, 0.2) is 42.0 Å². The van der Waals surface area contributed by atoms with E-state index < -0.39 is 0 Å². The maximum atomic E-state index is 12.6. The Kier molecular flexibility index (Phi) is 13.2. The van der Waals surface area contributed by atoms with Crippen molar-refractivity contribution in [3.63, 3.8) is 0 Å². The fourth-order valence-electron chi connectivity index (χ4n) is 4.10. The number of allylic oxidation sites excluding steroid dienone is 1. The lowest BCUT2D eigenvalue weighted by Crippen LogP contribution is -2.49. The topological polar surface area (TPSA) is 54.0 Å². The Bertz CT molecular complexity index is 658. The van der Waals surface area contributed by atoms with Crippen molar-refractivity contribution in [3.8, 4) is 0 Å². The molecule has 1 aromatic carbocycles. The molecule has 0 aliphatic carbocycles. The number of rotatable bonds is 15. The number of unbranched alkanes of at least 4 members (excludes halogenated alkanes) is 2. The van der Waals surface area contributed by atoms with Gasteiger partial charge in [-0.2, -0.15) is 0 Å². The lowest BCUT2D eigenvalue weighted by Gasteiger charge is -2.40. The van der Waals surface area contributed by atoms with E-state index in [9.17, 15) is 4.79 Å². The van der Waals surface area contributed by atoms with Crippen LogP contribution in [0.2, 0.25) is 0 Å². The van der Waals surface area contributed by atoms with Crippen molar-refractivity contribution < 1.29 is 14.3 Å². The zero-order chi connectivity index (χ0) is 23.0. The van der Waals surface area contributed by atoms with Crippen molar-refractivity contribution in [1.82, 2.24) is 15.1 Å². The highest BCUT2D eigenvalue weighted by Gasteiger charge is 2.27. The highest BCUT2D eigenvalue weighted by molar-refractivity contribution is 5.76. The van der Waals surface area contributed by atoms with E-state index >= 15 is 0 Å². The van der Waals surface area contributed by atoms with E-state index in [-0.39, 0.29) is 0 Å². The van der Waals surface area contributed by atoms with Gasteiger partial charge in [0.05, 0.1) is 25.9 Å². The van der Waals surface area contributed by atoms with Gasteiger partial charge in [-0.15, -0.1) is 0 Å². The second-order valence-electron chi connectivity index (χ2n) is 8.40. The lowest BCUT2D eigenvalue weighted by atomic mass is 9.97. The van der Waals surface area contributed by atoms with E-state index in [1.807, 2.05) is 11.9 Å². The molecule has 0 saturated carbocycles. The van der Waals surface area contributed by atoms with Gasteiger partial charge in [0.2, 0.25) is 5.91 Å². The van der Waals surface area contributed by atoms with Crippen molar-refractivity contribution in [1.29, 1.82) is 0 Å². The van der Waals surface area contributed by atoms with Gasteiger partial charge in [0.15, 0.2) is 0 Å². The average Bonchev–Trinajstić information content (AvgIpc) is 2.83. The zero-order valence-corrected chi connectivity index (χ0v) is 20.4. The van der Waals surface area contributed by atoms with Crippen LogP contribution in [0.1, 0.15) is 51.1 Å². The van der Waals surface area contributed by atoms with Crippen LogP contribution in [0.3, 0.4) is 0 Å². The van der Waals surface area contributed by atoms with Crippen molar-refractivity contribution in [2.75, 3.05) is 66.2 Å². The molecule has 1 aliphatic rings. The second-order valence-corrected chi connectivity index (χ2v) is 8.40. The van der Waals surface area contributed by atoms with Crippen LogP contribution < -0.4 is 5.32 Å². The summed E-state index contributed by atoms with van der Waals surface area (Å²) in [7, 11) is 1.91. The molecule has 6 heteroatoms. The highest BCUT2D eigenvalue weighted by Crippen LogP contribution is 2.29. The third kappa shape index (κ3) is 9.41. The minimum Gasteiger partial charge on any atom is -0.379 e. The monoisotopic (exact) mass is 445 g/mol. The molecule has 1 fully saturated rings. The molecule has 32 heavy (non-hydrogen) atoms. The van der Waals surface area contributed by atoms with Crippen molar-refractivity contribution in [2.24, 2.45) is 0 Å². The van der Waals surface area contributed by atoms with Crippen LogP contribution in [0.5, 0.6) is 0 Å². The van der Waals surface area contributed by atoms with Gasteiger partial charge in [-0.25, -0.2) is 0 Å². The molecule has 1 heterocycles. The first-order valence-electron chi connectivity index (χ1n) is 12.2. The normalized spacial score (nSPS) is 16.3. The molecule has 1 unspecified atom stereocenters. The minimum atomic E-state index is 0.294. The number of hydrogen-bond acceptors (Lipinski definition) is 5. The summed E-state index contributed by atoms with van der Waals surface area (Å²) in [4.78, 5) is 17.2. The van der Waals surface area contributed by atoms with E-state index in [1.165, 1.54) is 11.1 Å². The maximum absolute atomic E-state index is 12.6. The fraction of sp³-hybridized carbons (Fsp3) is 0.654. The Morgan fingerprint density at radius 2 is 1.69 bits per heavy atom. The molecule has 1 N–H and O–H groups in total. The van der Waals surface area contributed by atoms with Crippen molar-refractivity contribution >= 4 is 5.91 Å². The quantitative estimate of drug-likeness (QED) is 0.330. The van der Waals surface area contributed by atoms with E-state index in [4.69, 9.17) is 9.47 Å². The molecule has 0 bridgehead atoms. The van der Waals surface area contributed by atoms with Gasteiger partial charge >= 0.3 is 0 Å². The number of piperazine rings is 1. The van der Waals surface area contributed by atoms with Crippen LogP contribution in [0.4, 0.5) is 0 Å². The van der Waals surface area contributed by atoms with Crippen LogP contribution in [-0.2, 0) is 14.3 Å². The van der Waals surface area contributed by atoms with Gasteiger partial charge in [0, 0.05) is 45.8 Å². The van der Waals surface area contributed by atoms with Crippen LogP contribution in [0.25, 0.3) is 0 Å². The number of benzene rings is 1. The molecule has 180 valence electrons.